The third-order valence-electron chi connectivity index (χ3n) is 4.74. The van der Waals surface area contributed by atoms with E-state index in [9.17, 15) is 9.59 Å². The van der Waals surface area contributed by atoms with Crippen LogP contribution < -0.4 is 10.9 Å². The molecule has 0 bridgehead atoms. The lowest BCUT2D eigenvalue weighted by molar-refractivity contribution is -0.121. The van der Waals surface area contributed by atoms with Gasteiger partial charge in [0.05, 0.1) is 0 Å². The van der Waals surface area contributed by atoms with Crippen LogP contribution in [0.1, 0.15) is 48.9 Å². The van der Waals surface area contributed by atoms with Crippen molar-refractivity contribution < 1.29 is 4.79 Å². The molecule has 1 aliphatic carbocycles. The van der Waals surface area contributed by atoms with E-state index in [4.69, 9.17) is 0 Å². The lowest BCUT2D eigenvalue weighted by atomic mass is 10.1. The fraction of sp³-hybridized carbons (Fsp3) is 0.450. The van der Waals surface area contributed by atoms with E-state index in [1.165, 1.54) is 30.2 Å². The van der Waals surface area contributed by atoms with Gasteiger partial charge in [-0.25, -0.2) is 4.98 Å². The van der Waals surface area contributed by atoms with Gasteiger partial charge in [0.25, 0.3) is 5.56 Å². The van der Waals surface area contributed by atoms with Crippen LogP contribution in [-0.2, 0) is 17.0 Å². The number of hydrogen-bond acceptors (Lipinski definition) is 4. The summed E-state index contributed by atoms with van der Waals surface area (Å²) in [5.41, 5.74) is 2.36. The second kappa shape index (κ2) is 9.03. The van der Waals surface area contributed by atoms with Crippen molar-refractivity contribution in [2.75, 3.05) is 0 Å². The highest BCUT2D eigenvalue weighted by molar-refractivity contribution is 7.98. The molecule has 138 valence electrons. The zero-order valence-corrected chi connectivity index (χ0v) is 15.9. The molecular formula is C20H25N3O2S. The molecule has 3 rings (SSSR count). The minimum Gasteiger partial charge on any atom is -0.353 e. The van der Waals surface area contributed by atoms with Crippen molar-refractivity contribution in [2.45, 2.75) is 62.4 Å². The average molecular weight is 372 g/mol. The third-order valence-corrected chi connectivity index (χ3v) is 5.69. The summed E-state index contributed by atoms with van der Waals surface area (Å²) in [6, 6.07) is 10.4. The molecule has 0 saturated heterocycles. The molecule has 1 heterocycles. The number of rotatable bonds is 7. The van der Waals surface area contributed by atoms with Crippen LogP contribution in [-0.4, -0.2) is 21.9 Å². The van der Waals surface area contributed by atoms with Crippen LogP contribution in [0.5, 0.6) is 0 Å². The Labute approximate surface area is 158 Å². The first-order valence-electron chi connectivity index (χ1n) is 9.17. The van der Waals surface area contributed by atoms with Gasteiger partial charge in [0.1, 0.15) is 0 Å². The van der Waals surface area contributed by atoms with E-state index in [0.717, 1.165) is 18.6 Å². The highest BCUT2D eigenvalue weighted by Gasteiger charge is 2.17. The smallest absolute Gasteiger partial charge is 0.254 e. The Balaban J connectivity index is 1.56. The number of hydrogen-bond donors (Lipinski definition) is 2. The van der Waals surface area contributed by atoms with Crippen molar-refractivity contribution in [1.82, 2.24) is 15.3 Å². The van der Waals surface area contributed by atoms with Gasteiger partial charge in [-0.1, -0.05) is 54.9 Å². The Morgan fingerprint density at radius 3 is 2.69 bits per heavy atom. The topological polar surface area (TPSA) is 74.8 Å². The van der Waals surface area contributed by atoms with Crippen LogP contribution in [0, 0.1) is 6.92 Å². The summed E-state index contributed by atoms with van der Waals surface area (Å²) in [6.45, 7) is 1.84. The molecule has 1 aliphatic rings. The van der Waals surface area contributed by atoms with Crippen molar-refractivity contribution in [3.8, 4) is 0 Å². The van der Waals surface area contributed by atoms with E-state index < -0.39 is 0 Å². The molecule has 2 N–H and O–H groups in total. The molecule has 5 nitrogen and oxygen atoms in total. The molecule has 1 saturated carbocycles. The first-order chi connectivity index (χ1) is 12.6. The van der Waals surface area contributed by atoms with E-state index in [2.05, 4.69) is 27.4 Å². The minimum atomic E-state index is -0.137. The second-order valence-electron chi connectivity index (χ2n) is 6.76. The van der Waals surface area contributed by atoms with Gasteiger partial charge in [0, 0.05) is 29.5 Å². The molecule has 1 fully saturated rings. The highest BCUT2D eigenvalue weighted by Crippen LogP contribution is 2.19. The molecule has 0 atom stereocenters. The molecule has 0 spiro atoms. The van der Waals surface area contributed by atoms with Crippen LogP contribution >= 0.6 is 11.8 Å². The Morgan fingerprint density at radius 1 is 1.27 bits per heavy atom. The maximum absolute atomic E-state index is 12.4. The molecule has 26 heavy (non-hydrogen) atoms. The monoisotopic (exact) mass is 371 g/mol. The van der Waals surface area contributed by atoms with Crippen LogP contribution in [0.3, 0.4) is 0 Å². The van der Waals surface area contributed by atoms with Gasteiger partial charge in [-0.05, 0) is 31.7 Å². The van der Waals surface area contributed by atoms with Crippen molar-refractivity contribution >= 4 is 17.7 Å². The first-order valence-corrected chi connectivity index (χ1v) is 10.2. The average Bonchev–Trinajstić information content (AvgIpc) is 3.13. The van der Waals surface area contributed by atoms with Crippen LogP contribution in [0.15, 0.2) is 40.3 Å². The van der Waals surface area contributed by atoms with E-state index in [-0.39, 0.29) is 11.5 Å². The van der Waals surface area contributed by atoms with Crippen molar-refractivity contribution in [1.29, 1.82) is 0 Å². The van der Waals surface area contributed by atoms with Crippen LogP contribution in [0.4, 0.5) is 0 Å². The largest absolute Gasteiger partial charge is 0.353 e. The van der Waals surface area contributed by atoms with Gasteiger partial charge in [0.15, 0.2) is 5.16 Å². The van der Waals surface area contributed by atoms with Crippen molar-refractivity contribution in [3.63, 3.8) is 0 Å². The fourth-order valence-electron chi connectivity index (χ4n) is 3.28. The highest BCUT2D eigenvalue weighted by atomic mass is 32.2. The molecule has 0 radical (unpaired) electrons. The summed E-state index contributed by atoms with van der Waals surface area (Å²) >= 11 is 1.51. The Morgan fingerprint density at radius 2 is 2.00 bits per heavy atom. The first kappa shape index (κ1) is 18.7. The summed E-state index contributed by atoms with van der Waals surface area (Å²) in [4.78, 5) is 31.8. The Bertz CT molecular complexity index is 798. The van der Waals surface area contributed by atoms with E-state index >= 15 is 0 Å². The number of amides is 1. The van der Waals surface area contributed by atoms with Crippen molar-refractivity contribution in [3.05, 3.63) is 57.5 Å². The maximum atomic E-state index is 12.4. The normalized spacial score (nSPS) is 14.5. The predicted molar refractivity (Wildman–Crippen MR) is 104 cm³/mol. The number of aromatic nitrogens is 2. The molecule has 0 unspecified atom stereocenters. The van der Waals surface area contributed by atoms with Crippen LogP contribution in [0.2, 0.25) is 0 Å². The lowest BCUT2D eigenvalue weighted by Crippen LogP contribution is -2.33. The summed E-state index contributed by atoms with van der Waals surface area (Å²) in [7, 11) is 0. The SMILES string of the molecule is Cc1nc(SCc2ccccc2)[nH]c(=O)c1CCC(=O)NC1CCCC1. The lowest BCUT2D eigenvalue weighted by Gasteiger charge is -2.12. The number of aryl methyl sites for hydroxylation is 1. The number of carbonyl (C=O) groups is 1. The molecule has 1 aromatic carbocycles. The Kier molecular flexibility index (Phi) is 6.50. The molecule has 2 aromatic rings. The summed E-state index contributed by atoms with van der Waals surface area (Å²) < 4.78 is 0. The number of benzene rings is 1. The number of aromatic amines is 1. The summed E-state index contributed by atoms with van der Waals surface area (Å²) in [6.07, 6.45) is 5.28. The number of carbonyl (C=O) groups excluding carboxylic acids is 1. The van der Waals surface area contributed by atoms with Gasteiger partial charge in [0.2, 0.25) is 5.91 Å². The zero-order chi connectivity index (χ0) is 18.4. The number of nitrogens with zero attached hydrogens (tertiary/aromatic N) is 1. The zero-order valence-electron chi connectivity index (χ0n) is 15.1. The minimum absolute atomic E-state index is 0.0261. The molecule has 1 amide bonds. The van der Waals surface area contributed by atoms with E-state index in [0.29, 0.717) is 35.3 Å². The number of nitrogens with one attached hydrogen (secondary N) is 2. The van der Waals surface area contributed by atoms with Crippen LogP contribution in [0.25, 0.3) is 0 Å². The molecule has 0 aliphatic heterocycles. The number of H-pyrrole nitrogens is 1. The quantitative estimate of drug-likeness (QED) is 0.578. The van der Waals surface area contributed by atoms with Gasteiger partial charge >= 0.3 is 0 Å². The predicted octanol–water partition coefficient (Wildman–Crippen LogP) is 3.36. The summed E-state index contributed by atoms with van der Waals surface area (Å²) in [5, 5.41) is 3.68. The van der Waals surface area contributed by atoms with Gasteiger partial charge < -0.3 is 10.3 Å². The molecule has 6 heteroatoms. The second-order valence-corrected chi connectivity index (χ2v) is 7.72. The van der Waals surface area contributed by atoms with Crippen molar-refractivity contribution in [2.24, 2.45) is 0 Å². The standard InChI is InChI=1S/C20H25N3O2S/c1-14-17(11-12-18(24)22-16-9-5-6-10-16)19(25)23-20(21-14)26-13-15-7-3-2-4-8-15/h2-4,7-8,16H,5-6,9-13H2,1H3,(H,22,24)(H,21,23,25). The third kappa shape index (κ3) is 5.21. The maximum Gasteiger partial charge on any atom is 0.254 e. The van der Waals surface area contributed by atoms with Gasteiger partial charge in [-0.15, -0.1) is 0 Å². The van der Waals surface area contributed by atoms with Gasteiger partial charge in [-0.3, -0.25) is 9.59 Å². The Hall–Kier alpha value is -2.08. The number of thioether (sulfide) groups is 1. The van der Waals surface area contributed by atoms with E-state index in [1.54, 1.807) is 0 Å². The van der Waals surface area contributed by atoms with Gasteiger partial charge in [-0.2, -0.15) is 0 Å². The molecule has 1 aromatic heterocycles. The molecular weight excluding hydrogens is 346 g/mol. The summed E-state index contributed by atoms with van der Waals surface area (Å²) in [5.74, 6) is 0.782. The fourth-order valence-corrected chi connectivity index (χ4v) is 4.14. The van der Waals surface area contributed by atoms with E-state index in [1.807, 2.05) is 25.1 Å².